The van der Waals surface area contributed by atoms with Gasteiger partial charge in [-0.2, -0.15) is 0 Å². The first-order chi connectivity index (χ1) is 9.27. The van der Waals surface area contributed by atoms with Crippen LogP contribution in [0.1, 0.15) is 11.1 Å². The SMILES string of the molecule is Nc1cnccc1C=CCNC(=S)c1ccccc1. The van der Waals surface area contributed by atoms with Crippen LogP contribution in [0.4, 0.5) is 5.69 Å². The van der Waals surface area contributed by atoms with Gasteiger partial charge in [-0.05, 0) is 6.07 Å². The fraction of sp³-hybridized carbons (Fsp3) is 0.0667. The monoisotopic (exact) mass is 269 g/mol. The third-order valence-electron chi connectivity index (χ3n) is 2.60. The number of nitrogen functional groups attached to an aromatic ring is 1. The maximum absolute atomic E-state index is 5.79. The first-order valence-electron chi connectivity index (χ1n) is 5.96. The molecule has 0 saturated carbocycles. The Balaban J connectivity index is 1.87. The van der Waals surface area contributed by atoms with Crippen molar-refractivity contribution in [2.75, 3.05) is 12.3 Å². The zero-order valence-corrected chi connectivity index (χ0v) is 11.2. The van der Waals surface area contributed by atoms with Crippen molar-refractivity contribution in [3.05, 3.63) is 66.0 Å². The Hall–Kier alpha value is -2.20. The van der Waals surface area contributed by atoms with Gasteiger partial charge in [0, 0.05) is 23.9 Å². The summed E-state index contributed by atoms with van der Waals surface area (Å²) in [5.74, 6) is 0. The van der Waals surface area contributed by atoms with Crippen molar-refractivity contribution >= 4 is 29.0 Å². The van der Waals surface area contributed by atoms with Crippen LogP contribution in [0.5, 0.6) is 0 Å². The average molecular weight is 269 g/mol. The van der Waals surface area contributed by atoms with Gasteiger partial charge in [-0.3, -0.25) is 4.98 Å². The van der Waals surface area contributed by atoms with Crippen molar-refractivity contribution < 1.29 is 0 Å². The van der Waals surface area contributed by atoms with E-state index in [0.29, 0.717) is 12.2 Å². The molecule has 1 aromatic carbocycles. The number of pyridine rings is 1. The number of aromatic nitrogens is 1. The summed E-state index contributed by atoms with van der Waals surface area (Å²) >= 11 is 5.30. The summed E-state index contributed by atoms with van der Waals surface area (Å²) in [6.07, 6.45) is 7.30. The van der Waals surface area contributed by atoms with Gasteiger partial charge in [0.05, 0.1) is 11.9 Å². The number of nitrogens with two attached hydrogens (primary N) is 1. The van der Waals surface area contributed by atoms with Gasteiger partial charge in [-0.1, -0.05) is 54.7 Å². The van der Waals surface area contributed by atoms with E-state index in [2.05, 4.69) is 10.3 Å². The lowest BCUT2D eigenvalue weighted by atomic mass is 10.2. The molecule has 2 aromatic rings. The van der Waals surface area contributed by atoms with Crippen LogP contribution < -0.4 is 11.1 Å². The van der Waals surface area contributed by atoms with Crippen LogP contribution in [0.3, 0.4) is 0 Å². The molecule has 0 radical (unpaired) electrons. The molecule has 96 valence electrons. The lowest BCUT2D eigenvalue weighted by Gasteiger charge is -2.05. The normalized spacial score (nSPS) is 10.5. The van der Waals surface area contributed by atoms with Crippen LogP contribution in [-0.2, 0) is 0 Å². The first-order valence-corrected chi connectivity index (χ1v) is 6.37. The molecule has 0 aliphatic carbocycles. The number of hydrogen-bond acceptors (Lipinski definition) is 3. The summed E-state index contributed by atoms with van der Waals surface area (Å²) in [5.41, 5.74) is 8.45. The second-order valence-electron chi connectivity index (χ2n) is 3.98. The smallest absolute Gasteiger partial charge is 0.106 e. The van der Waals surface area contributed by atoms with Crippen LogP contribution in [0.2, 0.25) is 0 Å². The molecule has 0 unspecified atom stereocenters. The van der Waals surface area contributed by atoms with Crippen LogP contribution in [-0.4, -0.2) is 16.5 Å². The van der Waals surface area contributed by atoms with Gasteiger partial charge < -0.3 is 11.1 Å². The van der Waals surface area contributed by atoms with Crippen LogP contribution in [0.15, 0.2) is 54.9 Å². The summed E-state index contributed by atoms with van der Waals surface area (Å²) in [5, 5.41) is 3.18. The van der Waals surface area contributed by atoms with Gasteiger partial charge >= 0.3 is 0 Å². The molecule has 1 heterocycles. The number of thiocarbonyl (C=S) groups is 1. The van der Waals surface area contributed by atoms with E-state index < -0.39 is 0 Å². The Morgan fingerprint density at radius 2 is 2.05 bits per heavy atom. The zero-order chi connectivity index (χ0) is 13.5. The summed E-state index contributed by atoms with van der Waals surface area (Å²) in [6, 6.07) is 11.8. The first kappa shape index (κ1) is 13.2. The highest BCUT2D eigenvalue weighted by atomic mass is 32.1. The number of nitrogens with zero attached hydrogens (tertiary/aromatic N) is 1. The summed E-state index contributed by atoms with van der Waals surface area (Å²) in [4.78, 5) is 4.69. The van der Waals surface area contributed by atoms with Gasteiger partial charge in [0.1, 0.15) is 4.99 Å². The van der Waals surface area contributed by atoms with Crippen molar-refractivity contribution in [3.8, 4) is 0 Å². The molecular formula is C15H15N3S. The van der Waals surface area contributed by atoms with Crippen LogP contribution >= 0.6 is 12.2 Å². The molecule has 0 aliphatic rings. The molecule has 0 saturated heterocycles. The molecule has 0 spiro atoms. The Labute approximate surface area is 118 Å². The lowest BCUT2D eigenvalue weighted by molar-refractivity contribution is 1.07. The van der Waals surface area contributed by atoms with E-state index in [1.165, 1.54) is 0 Å². The van der Waals surface area contributed by atoms with E-state index in [1.807, 2.05) is 48.6 Å². The van der Waals surface area contributed by atoms with E-state index in [9.17, 15) is 0 Å². The van der Waals surface area contributed by atoms with Crippen molar-refractivity contribution in [3.63, 3.8) is 0 Å². The van der Waals surface area contributed by atoms with E-state index in [1.54, 1.807) is 12.4 Å². The predicted molar refractivity (Wildman–Crippen MR) is 83.8 cm³/mol. The van der Waals surface area contributed by atoms with E-state index >= 15 is 0 Å². The molecule has 0 aliphatic heterocycles. The Morgan fingerprint density at radius 3 is 2.79 bits per heavy atom. The average Bonchev–Trinajstić information content (AvgIpc) is 2.46. The van der Waals surface area contributed by atoms with E-state index in [0.717, 1.165) is 16.1 Å². The largest absolute Gasteiger partial charge is 0.397 e. The maximum atomic E-state index is 5.79. The topological polar surface area (TPSA) is 50.9 Å². The molecule has 4 heteroatoms. The van der Waals surface area contributed by atoms with Crippen molar-refractivity contribution in [1.29, 1.82) is 0 Å². The quantitative estimate of drug-likeness (QED) is 0.838. The van der Waals surface area contributed by atoms with Crippen molar-refractivity contribution in [2.24, 2.45) is 0 Å². The second kappa shape index (κ2) is 6.66. The molecule has 0 fully saturated rings. The minimum Gasteiger partial charge on any atom is -0.397 e. The van der Waals surface area contributed by atoms with E-state index in [4.69, 9.17) is 18.0 Å². The third kappa shape index (κ3) is 3.89. The summed E-state index contributed by atoms with van der Waals surface area (Å²) < 4.78 is 0. The molecule has 1 aromatic heterocycles. The number of rotatable bonds is 4. The minimum absolute atomic E-state index is 0.662. The third-order valence-corrected chi connectivity index (χ3v) is 2.98. The second-order valence-corrected chi connectivity index (χ2v) is 4.39. The van der Waals surface area contributed by atoms with E-state index in [-0.39, 0.29) is 0 Å². The van der Waals surface area contributed by atoms with Gasteiger partial charge in [0.2, 0.25) is 0 Å². The molecular weight excluding hydrogens is 254 g/mol. The van der Waals surface area contributed by atoms with Crippen LogP contribution in [0.25, 0.3) is 6.08 Å². The van der Waals surface area contributed by atoms with Gasteiger partial charge in [-0.25, -0.2) is 0 Å². The molecule has 3 nitrogen and oxygen atoms in total. The summed E-state index contributed by atoms with van der Waals surface area (Å²) in [6.45, 7) is 0.662. The fourth-order valence-corrected chi connectivity index (χ4v) is 1.82. The predicted octanol–water partition coefficient (Wildman–Crippen LogP) is 2.64. The zero-order valence-electron chi connectivity index (χ0n) is 10.4. The van der Waals surface area contributed by atoms with Crippen molar-refractivity contribution in [1.82, 2.24) is 10.3 Å². The lowest BCUT2D eigenvalue weighted by Crippen LogP contribution is -2.21. The number of hydrogen-bond donors (Lipinski definition) is 2. The molecule has 0 atom stereocenters. The van der Waals surface area contributed by atoms with Gasteiger partial charge in [0.15, 0.2) is 0 Å². The standard InChI is InChI=1S/C15H15N3S/c16-14-11-17-10-8-12(14)7-4-9-18-15(19)13-5-2-1-3-6-13/h1-8,10-11H,9,16H2,(H,18,19). The molecule has 3 N–H and O–H groups in total. The molecule has 2 rings (SSSR count). The highest BCUT2D eigenvalue weighted by Crippen LogP contribution is 2.09. The molecule has 0 bridgehead atoms. The Kier molecular flexibility index (Phi) is 4.64. The number of nitrogens with one attached hydrogen (secondary N) is 1. The number of benzene rings is 1. The van der Waals surface area contributed by atoms with Gasteiger partial charge in [-0.15, -0.1) is 0 Å². The van der Waals surface area contributed by atoms with Crippen LogP contribution in [0, 0.1) is 0 Å². The summed E-state index contributed by atoms with van der Waals surface area (Å²) in [7, 11) is 0. The van der Waals surface area contributed by atoms with Crippen molar-refractivity contribution in [2.45, 2.75) is 0 Å². The number of anilines is 1. The minimum atomic E-state index is 0.662. The maximum Gasteiger partial charge on any atom is 0.106 e. The molecule has 19 heavy (non-hydrogen) atoms. The highest BCUT2D eigenvalue weighted by molar-refractivity contribution is 7.80. The fourth-order valence-electron chi connectivity index (χ4n) is 1.60. The Bertz CT molecular complexity index is 579. The Morgan fingerprint density at radius 1 is 1.26 bits per heavy atom. The molecule has 0 amide bonds. The highest BCUT2D eigenvalue weighted by Gasteiger charge is 1.97. The van der Waals surface area contributed by atoms with Gasteiger partial charge in [0.25, 0.3) is 0 Å².